The Morgan fingerprint density at radius 1 is 0.396 bits per heavy atom. The highest BCUT2D eigenvalue weighted by Gasteiger charge is 2.46. The normalized spacial score (nSPS) is 12.6. The number of aromatic carboxylic acids is 2. The van der Waals surface area contributed by atoms with Crippen LogP contribution in [0.3, 0.4) is 0 Å². The zero-order valence-corrected chi connectivity index (χ0v) is 28.2. The fourth-order valence-electron chi connectivity index (χ4n) is 7.67. The van der Waals surface area contributed by atoms with Crippen molar-refractivity contribution in [1.82, 2.24) is 0 Å². The molecule has 254 valence electrons. The van der Waals surface area contributed by atoms with E-state index in [-0.39, 0.29) is 11.1 Å². The minimum absolute atomic E-state index is 0.208. The maximum atomic E-state index is 11.3. The van der Waals surface area contributed by atoms with Crippen LogP contribution < -0.4 is 9.47 Å². The van der Waals surface area contributed by atoms with Gasteiger partial charge in [-0.1, -0.05) is 84.9 Å². The summed E-state index contributed by atoms with van der Waals surface area (Å²) in [6, 6.07) is 55.4. The van der Waals surface area contributed by atoms with Gasteiger partial charge in [0.05, 0.1) is 16.5 Å². The van der Waals surface area contributed by atoms with Crippen LogP contribution in [-0.2, 0) is 5.41 Å². The summed E-state index contributed by atoms with van der Waals surface area (Å²) in [7, 11) is 0. The van der Waals surface area contributed by atoms with Gasteiger partial charge in [-0.15, -0.1) is 0 Å². The van der Waals surface area contributed by atoms with Crippen LogP contribution in [0.5, 0.6) is 23.0 Å². The van der Waals surface area contributed by atoms with Crippen LogP contribution in [0.4, 0.5) is 0 Å². The van der Waals surface area contributed by atoms with Crippen molar-refractivity contribution in [2.24, 2.45) is 0 Å². The molecule has 8 aromatic rings. The second kappa shape index (κ2) is 12.5. The second-order valence-corrected chi connectivity index (χ2v) is 13.2. The quantitative estimate of drug-likeness (QED) is 0.165. The average Bonchev–Trinajstić information content (AvgIpc) is 3.49. The van der Waals surface area contributed by atoms with Crippen LogP contribution in [0.15, 0.2) is 170 Å². The third-order valence-electron chi connectivity index (χ3n) is 10.1. The van der Waals surface area contributed by atoms with Crippen LogP contribution in [0.25, 0.3) is 32.7 Å². The van der Waals surface area contributed by atoms with E-state index >= 15 is 0 Å². The predicted octanol–water partition coefficient (Wildman–Crippen LogP) is 11.3. The molecule has 53 heavy (non-hydrogen) atoms. The Labute approximate surface area is 304 Å². The van der Waals surface area contributed by atoms with E-state index in [9.17, 15) is 19.8 Å². The third-order valence-corrected chi connectivity index (χ3v) is 10.1. The van der Waals surface area contributed by atoms with E-state index in [1.807, 2.05) is 24.3 Å². The molecule has 0 aromatic heterocycles. The van der Waals surface area contributed by atoms with Gasteiger partial charge in [0.1, 0.15) is 23.0 Å². The maximum absolute atomic E-state index is 11.3. The van der Waals surface area contributed by atoms with Crippen molar-refractivity contribution in [3.63, 3.8) is 0 Å². The van der Waals surface area contributed by atoms with Crippen LogP contribution in [0.1, 0.15) is 43.0 Å². The van der Waals surface area contributed by atoms with E-state index in [2.05, 4.69) is 97.1 Å². The molecule has 2 N–H and O–H groups in total. The molecule has 0 saturated heterocycles. The summed E-state index contributed by atoms with van der Waals surface area (Å²) >= 11 is 0. The molecule has 0 bridgehead atoms. The lowest BCUT2D eigenvalue weighted by atomic mass is 9.67. The molecular weight excluding hydrogens is 661 g/mol. The second-order valence-electron chi connectivity index (χ2n) is 13.2. The molecule has 0 spiro atoms. The van der Waals surface area contributed by atoms with Crippen molar-refractivity contribution in [1.29, 1.82) is 0 Å². The van der Waals surface area contributed by atoms with Crippen molar-refractivity contribution < 1.29 is 29.3 Å². The van der Waals surface area contributed by atoms with Crippen LogP contribution >= 0.6 is 0 Å². The first-order valence-electron chi connectivity index (χ1n) is 17.2. The van der Waals surface area contributed by atoms with E-state index < -0.39 is 17.4 Å². The Balaban J connectivity index is 1.13. The molecule has 0 amide bonds. The molecule has 0 atom stereocenters. The summed E-state index contributed by atoms with van der Waals surface area (Å²) in [5.41, 5.74) is 6.95. The molecular formula is C47H30O6. The fraction of sp³-hybridized carbons (Fsp3) is 0.0213. The highest BCUT2D eigenvalue weighted by Crippen LogP contribution is 2.56. The minimum atomic E-state index is -0.977. The lowest BCUT2D eigenvalue weighted by molar-refractivity contribution is 0.0686. The van der Waals surface area contributed by atoms with E-state index in [1.54, 1.807) is 24.3 Å². The largest absolute Gasteiger partial charge is 0.478 e. The molecule has 0 aliphatic heterocycles. The molecule has 0 radical (unpaired) electrons. The first-order valence-corrected chi connectivity index (χ1v) is 17.2. The topological polar surface area (TPSA) is 93.1 Å². The van der Waals surface area contributed by atoms with Crippen molar-refractivity contribution in [3.05, 3.63) is 203 Å². The summed E-state index contributed by atoms with van der Waals surface area (Å²) in [4.78, 5) is 22.6. The lowest BCUT2D eigenvalue weighted by Gasteiger charge is -2.34. The molecule has 1 aliphatic rings. The Kier molecular flexibility index (Phi) is 7.52. The van der Waals surface area contributed by atoms with Crippen LogP contribution in [0.2, 0.25) is 0 Å². The van der Waals surface area contributed by atoms with E-state index in [1.165, 1.54) is 46.5 Å². The number of ether oxygens (including phenoxy) is 2. The summed E-state index contributed by atoms with van der Waals surface area (Å²) in [5.74, 6) is 0.496. The summed E-state index contributed by atoms with van der Waals surface area (Å²) in [5, 5.41) is 22.7. The highest BCUT2D eigenvalue weighted by atomic mass is 16.5. The van der Waals surface area contributed by atoms with Gasteiger partial charge in [0, 0.05) is 0 Å². The summed E-state index contributed by atoms with van der Waals surface area (Å²) in [6.07, 6.45) is 0. The van der Waals surface area contributed by atoms with E-state index in [4.69, 9.17) is 9.47 Å². The number of carbonyl (C=O) groups is 2. The van der Waals surface area contributed by atoms with Gasteiger partial charge >= 0.3 is 11.9 Å². The Morgan fingerprint density at radius 2 is 0.755 bits per heavy atom. The van der Waals surface area contributed by atoms with Gasteiger partial charge in [0.2, 0.25) is 0 Å². The first kappa shape index (κ1) is 31.8. The number of fused-ring (bicyclic) bond motifs is 5. The van der Waals surface area contributed by atoms with E-state index in [0.717, 1.165) is 32.7 Å². The van der Waals surface area contributed by atoms with Gasteiger partial charge in [0.25, 0.3) is 0 Å². The van der Waals surface area contributed by atoms with Gasteiger partial charge in [0.15, 0.2) is 0 Å². The van der Waals surface area contributed by atoms with Crippen molar-refractivity contribution >= 4 is 33.5 Å². The number of carboxylic acids is 2. The lowest BCUT2D eigenvalue weighted by Crippen LogP contribution is -2.28. The van der Waals surface area contributed by atoms with Crippen LogP contribution in [0, 0.1) is 0 Å². The fourth-order valence-corrected chi connectivity index (χ4v) is 7.67. The standard InChI is InChI=1S/C47H30O6/c48-45(49)29-11-19-37(20-12-29)52-39-23-15-31-25-35(17-9-33(31)27-39)47(43-7-3-1-5-41(43)42-6-2-4-8-44(42)47)36-18-10-34-28-40(24-16-32(34)26-36)53-38-21-13-30(14-22-38)46(50)51/h1-28H,(H,48,49)(H,50,51). The zero-order valence-electron chi connectivity index (χ0n) is 28.2. The number of carboxylic acid groups (broad SMARTS) is 2. The van der Waals surface area contributed by atoms with Gasteiger partial charge in [-0.3, -0.25) is 0 Å². The smallest absolute Gasteiger partial charge is 0.335 e. The number of hydrogen-bond acceptors (Lipinski definition) is 4. The molecule has 0 saturated carbocycles. The zero-order chi connectivity index (χ0) is 36.1. The summed E-state index contributed by atoms with van der Waals surface area (Å²) < 4.78 is 12.2. The SMILES string of the molecule is O=C(O)c1ccc(Oc2ccc3cc(C4(c5ccc6cc(Oc7ccc(C(=O)O)cc7)ccc6c5)c5ccccc5-c5ccccc54)ccc3c2)cc1. The molecule has 6 heteroatoms. The van der Waals surface area contributed by atoms with E-state index in [0.29, 0.717) is 23.0 Å². The molecule has 9 rings (SSSR count). The molecule has 0 heterocycles. The Morgan fingerprint density at radius 3 is 1.17 bits per heavy atom. The molecule has 6 nitrogen and oxygen atoms in total. The van der Waals surface area contributed by atoms with Gasteiger partial charge in [-0.2, -0.15) is 0 Å². The molecule has 0 unspecified atom stereocenters. The van der Waals surface area contributed by atoms with Gasteiger partial charge in [-0.05, 0) is 140 Å². The Bertz CT molecular complexity index is 2540. The predicted molar refractivity (Wildman–Crippen MR) is 206 cm³/mol. The van der Waals surface area contributed by atoms with Crippen molar-refractivity contribution in [2.45, 2.75) is 5.41 Å². The molecule has 1 aliphatic carbocycles. The number of hydrogen-bond donors (Lipinski definition) is 2. The van der Waals surface area contributed by atoms with Crippen molar-refractivity contribution in [2.75, 3.05) is 0 Å². The minimum Gasteiger partial charge on any atom is -0.478 e. The Hall–Kier alpha value is -7.18. The number of benzene rings is 8. The van der Waals surface area contributed by atoms with Gasteiger partial charge in [-0.25, -0.2) is 9.59 Å². The number of rotatable bonds is 8. The molecule has 0 fully saturated rings. The first-order chi connectivity index (χ1) is 25.9. The van der Waals surface area contributed by atoms with Crippen molar-refractivity contribution in [3.8, 4) is 34.1 Å². The average molecular weight is 691 g/mol. The monoisotopic (exact) mass is 690 g/mol. The third kappa shape index (κ3) is 5.45. The maximum Gasteiger partial charge on any atom is 0.335 e. The summed E-state index contributed by atoms with van der Waals surface area (Å²) in [6.45, 7) is 0. The van der Waals surface area contributed by atoms with Crippen LogP contribution in [-0.4, -0.2) is 22.2 Å². The van der Waals surface area contributed by atoms with Gasteiger partial charge < -0.3 is 19.7 Å². The highest BCUT2D eigenvalue weighted by molar-refractivity contribution is 5.92. The molecule has 8 aromatic carbocycles.